The van der Waals surface area contributed by atoms with Crippen molar-refractivity contribution in [2.75, 3.05) is 6.54 Å². The van der Waals surface area contributed by atoms with Gasteiger partial charge in [-0.05, 0) is 12.8 Å². The molecule has 0 saturated heterocycles. The van der Waals surface area contributed by atoms with Gasteiger partial charge in [-0.1, -0.05) is 70.6 Å². The Balaban J connectivity index is 2.96. The Kier molecular flexibility index (Phi) is 16.4. The van der Waals surface area contributed by atoms with Crippen LogP contribution in [0.4, 0.5) is 0 Å². The molecule has 4 nitrogen and oxygen atoms in total. The molecule has 21 heavy (non-hydrogen) atoms. The molecule has 4 heteroatoms. The maximum Gasteiger partial charge on any atom is 0.203 e. The van der Waals surface area contributed by atoms with E-state index in [0.29, 0.717) is 6.42 Å². The van der Waals surface area contributed by atoms with Gasteiger partial charge in [0.2, 0.25) is 6.54 Å². The highest BCUT2D eigenvalue weighted by Crippen LogP contribution is 2.13. The maximum absolute atomic E-state index is 10.1. The van der Waals surface area contributed by atoms with Crippen LogP contribution in [0, 0.1) is 10.1 Å². The van der Waals surface area contributed by atoms with E-state index >= 15 is 0 Å². The SMILES string of the molecule is O=[C]CCCCCCCCCCCCCCCC[N+](=O)[O-]. The molecule has 0 fully saturated rings. The zero-order valence-corrected chi connectivity index (χ0v) is 13.5. The molecule has 0 amide bonds. The topological polar surface area (TPSA) is 60.2 Å². The van der Waals surface area contributed by atoms with Crippen molar-refractivity contribution >= 4 is 6.29 Å². The quantitative estimate of drug-likeness (QED) is 0.210. The van der Waals surface area contributed by atoms with Gasteiger partial charge in [-0.15, -0.1) is 0 Å². The average Bonchev–Trinajstić information content (AvgIpc) is 2.46. The molecule has 0 spiro atoms. The highest BCUT2D eigenvalue weighted by atomic mass is 16.6. The van der Waals surface area contributed by atoms with E-state index in [2.05, 4.69) is 0 Å². The predicted molar refractivity (Wildman–Crippen MR) is 86.8 cm³/mol. The van der Waals surface area contributed by atoms with E-state index in [1.54, 1.807) is 0 Å². The zero-order valence-electron chi connectivity index (χ0n) is 13.5. The third kappa shape index (κ3) is 19.1. The zero-order chi connectivity index (χ0) is 15.6. The van der Waals surface area contributed by atoms with Gasteiger partial charge < -0.3 is 0 Å². The largest absolute Gasteiger partial charge is 0.291 e. The van der Waals surface area contributed by atoms with Crippen molar-refractivity contribution in [2.24, 2.45) is 0 Å². The lowest BCUT2D eigenvalue weighted by Crippen LogP contribution is -1.99. The molecular formula is C17H32NO3. The van der Waals surface area contributed by atoms with Gasteiger partial charge in [0.25, 0.3) is 0 Å². The smallest absolute Gasteiger partial charge is 0.203 e. The number of hydrogen-bond acceptors (Lipinski definition) is 3. The van der Waals surface area contributed by atoms with Gasteiger partial charge in [-0.3, -0.25) is 14.9 Å². The highest BCUT2D eigenvalue weighted by Gasteiger charge is 1.97. The first-order chi connectivity index (χ1) is 10.3. The summed E-state index contributed by atoms with van der Waals surface area (Å²) in [6, 6.07) is 0. The summed E-state index contributed by atoms with van der Waals surface area (Å²) in [6.45, 7) is 0.132. The standard InChI is InChI=1S/C17H32NO3/c19-17-15-13-11-9-7-5-3-1-2-4-6-8-10-12-14-16-18(20)21/h1-16H2. The van der Waals surface area contributed by atoms with Gasteiger partial charge in [0.05, 0.1) is 0 Å². The molecular weight excluding hydrogens is 266 g/mol. The number of hydrogen-bond donors (Lipinski definition) is 0. The molecule has 123 valence electrons. The maximum atomic E-state index is 10.1. The summed E-state index contributed by atoms with van der Waals surface area (Å²) < 4.78 is 0. The summed E-state index contributed by atoms with van der Waals surface area (Å²) in [5, 5.41) is 10.1. The van der Waals surface area contributed by atoms with Crippen molar-refractivity contribution in [2.45, 2.75) is 96.3 Å². The lowest BCUT2D eigenvalue weighted by molar-refractivity contribution is -0.480. The first kappa shape index (κ1) is 20.1. The number of nitro groups is 1. The minimum absolute atomic E-state index is 0.132. The van der Waals surface area contributed by atoms with Crippen LogP contribution in [0.5, 0.6) is 0 Å². The molecule has 0 aliphatic carbocycles. The van der Waals surface area contributed by atoms with E-state index in [9.17, 15) is 14.9 Å². The van der Waals surface area contributed by atoms with Crippen molar-refractivity contribution in [3.63, 3.8) is 0 Å². The van der Waals surface area contributed by atoms with E-state index in [-0.39, 0.29) is 11.5 Å². The summed E-state index contributed by atoms with van der Waals surface area (Å²) in [5.41, 5.74) is 0. The van der Waals surface area contributed by atoms with Crippen LogP contribution in [0.1, 0.15) is 96.3 Å². The summed E-state index contributed by atoms with van der Waals surface area (Å²) in [6.07, 6.45) is 19.3. The van der Waals surface area contributed by atoms with Crippen LogP contribution in [0.3, 0.4) is 0 Å². The van der Waals surface area contributed by atoms with Gasteiger partial charge >= 0.3 is 0 Å². The van der Waals surface area contributed by atoms with Gasteiger partial charge in [0.1, 0.15) is 0 Å². The molecule has 0 N–H and O–H groups in total. The number of nitrogens with zero attached hydrogens (tertiary/aromatic N) is 1. The fourth-order valence-corrected chi connectivity index (χ4v) is 2.56. The lowest BCUT2D eigenvalue weighted by atomic mass is 10.0. The molecule has 0 aromatic heterocycles. The van der Waals surface area contributed by atoms with Crippen LogP contribution in [0.2, 0.25) is 0 Å². The normalized spacial score (nSPS) is 10.7. The second-order valence-corrected chi connectivity index (χ2v) is 5.90. The predicted octanol–water partition coefficient (Wildman–Crippen LogP) is 5.22. The van der Waals surface area contributed by atoms with Gasteiger partial charge in [-0.25, -0.2) is 0 Å². The van der Waals surface area contributed by atoms with Crippen molar-refractivity contribution in [1.29, 1.82) is 0 Å². The molecule has 0 aliphatic heterocycles. The summed E-state index contributed by atoms with van der Waals surface area (Å²) >= 11 is 0. The second kappa shape index (κ2) is 17.1. The Morgan fingerprint density at radius 3 is 1.29 bits per heavy atom. The second-order valence-electron chi connectivity index (χ2n) is 5.90. The van der Waals surface area contributed by atoms with Crippen LogP contribution in [-0.2, 0) is 4.79 Å². The Morgan fingerprint density at radius 1 is 0.619 bits per heavy atom. The Hall–Kier alpha value is -0.930. The van der Waals surface area contributed by atoms with Crippen LogP contribution in [0.25, 0.3) is 0 Å². The van der Waals surface area contributed by atoms with E-state index in [1.807, 2.05) is 6.29 Å². The molecule has 0 aliphatic rings. The third-order valence-corrected chi connectivity index (χ3v) is 3.87. The molecule has 0 rings (SSSR count). The first-order valence-corrected chi connectivity index (χ1v) is 8.74. The highest BCUT2D eigenvalue weighted by molar-refractivity contribution is 5.50. The summed E-state index contributed by atoms with van der Waals surface area (Å²) in [5.74, 6) is 0. The van der Waals surface area contributed by atoms with Gasteiger partial charge in [0, 0.05) is 17.8 Å². The monoisotopic (exact) mass is 298 g/mol. The Bertz CT molecular complexity index is 244. The van der Waals surface area contributed by atoms with Gasteiger partial charge in [-0.2, -0.15) is 0 Å². The summed E-state index contributed by atoms with van der Waals surface area (Å²) in [7, 11) is 0. The van der Waals surface area contributed by atoms with E-state index < -0.39 is 0 Å². The Labute approximate surface area is 129 Å². The third-order valence-electron chi connectivity index (χ3n) is 3.87. The summed E-state index contributed by atoms with van der Waals surface area (Å²) in [4.78, 5) is 19.9. The van der Waals surface area contributed by atoms with Gasteiger partial charge in [0.15, 0.2) is 6.29 Å². The van der Waals surface area contributed by atoms with E-state index in [0.717, 1.165) is 25.7 Å². The molecule has 0 atom stereocenters. The van der Waals surface area contributed by atoms with E-state index in [1.165, 1.54) is 64.2 Å². The minimum atomic E-state index is -0.221. The van der Waals surface area contributed by atoms with Crippen molar-refractivity contribution < 1.29 is 9.72 Å². The van der Waals surface area contributed by atoms with Crippen LogP contribution in [-0.4, -0.2) is 17.8 Å². The van der Waals surface area contributed by atoms with Crippen molar-refractivity contribution in [1.82, 2.24) is 0 Å². The number of carbonyl (C=O) groups excluding carboxylic acids is 1. The minimum Gasteiger partial charge on any atom is -0.291 e. The van der Waals surface area contributed by atoms with Crippen molar-refractivity contribution in [3.8, 4) is 0 Å². The molecule has 0 saturated carbocycles. The fraction of sp³-hybridized carbons (Fsp3) is 0.941. The van der Waals surface area contributed by atoms with Crippen molar-refractivity contribution in [3.05, 3.63) is 10.1 Å². The number of rotatable bonds is 17. The lowest BCUT2D eigenvalue weighted by Gasteiger charge is -2.02. The molecule has 0 heterocycles. The molecule has 0 unspecified atom stereocenters. The van der Waals surface area contributed by atoms with Crippen LogP contribution in [0.15, 0.2) is 0 Å². The fourth-order valence-electron chi connectivity index (χ4n) is 2.56. The first-order valence-electron chi connectivity index (χ1n) is 8.74. The molecule has 0 bridgehead atoms. The average molecular weight is 298 g/mol. The Morgan fingerprint density at radius 2 is 0.952 bits per heavy atom. The molecule has 1 radical (unpaired) electrons. The molecule has 0 aromatic carbocycles. The van der Waals surface area contributed by atoms with Crippen LogP contribution < -0.4 is 0 Å². The van der Waals surface area contributed by atoms with Crippen LogP contribution >= 0.6 is 0 Å². The number of unbranched alkanes of at least 4 members (excludes halogenated alkanes) is 14. The van der Waals surface area contributed by atoms with E-state index in [4.69, 9.17) is 0 Å². The molecule has 0 aromatic rings.